The monoisotopic (exact) mass is 654 g/mol. The van der Waals surface area contributed by atoms with Crippen molar-refractivity contribution in [2.24, 2.45) is 0 Å². The number of hydrogen-bond donors (Lipinski definition) is 1. The Morgan fingerprint density at radius 3 is 1.98 bits per heavy atom. The molecule has 0 radical (unpaired) electrons. The third kappa shape index (κ3) is 7.54. The molecule has 13 heteroatoms. The molecule has 228 valence electrons. The maximum Gasteiger partial charge on any atom is 0.269 e. The van der Waals surface area contributed by atoms with Crippen molar-refractivity contribution in [2.45, 2.75) is 23.9 Å². The van der Waals surface area contributed by atoms with Crippen molar-refractivity contribution >= 4 is 56.4 Å². The normalized spacial score (nSPS) is 11.8. The first-order valence-electron chi connectivity index (χ1n) is 13.3. The zero-order valence-electron chi connectivity index (χ0n) is 23.5. The number of nitrogens with zero attached hydrogens (tertiary/aromatic N) is 3. The molecular formula is C31H28Cl2N4O6S. The molecule has 0 spiro atoms. The van der Waals surface area contributed by atoms with Crippen LogP contribution in [0.2, 0.25) is 10.0 Å². The number of carbonyl (C=O) groups excluding carboxylic acids is 2. The lowest BCUT2D eigenvalue weighted by atomic mass is 10.0. The molecule has 0 aromatic heterocycles. The molecule has 4 aromatic carbocycles. The van der Waals surface area contributed by atoms with Crippen molar-refractivity contribution < 1.29 is 22.9 Å². The summed E-state index contributed by atoms with van der Waals surface area (Å²) in [6.45, 7) is -0.943. The summed E-state index contributed by atoms with van der Waals surface area (Å²) >= 11 is 12.9. The molecule has 4 aromatic rings. The van der Waals surface area contributed by atoms with Crippen LogP contribution in [0.25, 0.3) is 0 Å². The second-order valence-corrected chi connectivity index (χ2v) is 12.3. The van der Waals surface area contributed by atoms with Crippen LogP contribution in [0.3, 0.4) is 0 Å². The van der Waals surface area contributed by atoms with E-state index in [1.807, 2.05) is 18.2 Å². The SMILES string of the molecule is CNC(=O)[C@@H](Cc1ccccc1)N(Cc1c(Cl)cccc1Cl)C(=O)CN(c1ccc([N+](=O)[O-])cc1)S(=O)(=O)c1ccccc1. The van der Waals surface area contributed by atoms with Gasteiger partial charge in [0.15, 0.2) is 0 Å². The first-order valence-corrected chi connectivity index (χ1v) is 15.5. The fourth-order valence-corrected chi connectivity index (χ4v) is 6.52. The van der Waals surface area contributed by atoms with Crippen molar-refractivity contribution in [1.82, 2.24) is 10.2 Å². The average molecular weight is 656 g/mol. The molecule has 0 fully saturated rings. The van der Waals surface area contributed by atoms with Crippen LogP contribution in [-0.2, 0) is 32.6 Å². The van der Waals surface area contributed by atoms with Gasteiger partial charge in [0, 0.05) is 47.8 Å². The van der Waals surface area contributed by atoms with Crippen LogP contribution < -0.4 is 9.62 Å². The molecule has 0 unspecified atom stereocenters. The van der Waals surface area contributed by atoms with Gasteiger partial charge >= 0.3 is 0 Å². The number of rotatable bonds is 12. The third-order valence-electron chi connectivity index (χ3n) is 6.87. The molecule has 1 atom stereocenters. The number of hydrogen-bond acceptors (Lipinski definition) is 6. The van der Waals surface area contributed by atoms with Crippen LogP contribution in [0, 0.1) is 10.1 Å². The average Bonchev–Trinajstić information content (AvgIpc) is 3.03. The van der Waals surface area contributed by atoms with Gasteiger partial charge in [-0.05, 0) is 42.0 Å². The molecule has 0 saturated carbocycles. The number of nitro benzene ring substituents is 1. The quantitative estimate of drug-likeness (QED) is 0.159. The fraction of sp³-hybridized carbons (Fsp3) is 0.161. The van der Waals surface area contributed by atoms with Gasteiger partial charge < -0.3 is 10.2 Å². The smallest absolute Gasteiger partial charge is 0.269 e. The summed E-state index contributed by atoms with van der Waals surface area (Å²) in [5.41, 5.74) is 0.894. The van der Waals surface area contributed by atoms with E-state index in [0.29, 0.717) is 5.56 Å². The largest absolute Gasteiger partial charge is 0.357 e. The minimum atomic E-state index is -4.35. The van der Waals surface area contributed by atoms with Gasteiger partial charge in [-0.25, -0.2) is 8.42 Å². The Morgan fingerprint density at radius 2 is 1.43 bits per heavy atom. The van der Waals surface area contributed by atoms with Crippen molar-refractivity contribution in [3.05, 3.63) is 134 Å². The van der Waals surface area contributed by atoms with Crippen molar-refractivity contribution in [1.29, 1.82) is 0 Å². The number of nitrogens with one attached hydrogen (secondary N) is 1. The molecule has 10 nitrogen and oxygen atoms in total. The maximum atomic E-state index is 14.3. The summed E-state index contributed by atoms with van der Waals surface area (Å²) in [6.07, 6.45) is 0.108. The van der Waals surface area contributed by atoms with Gasteiger partial charge in [-0.15, -0.1) is 0 Å². The predicted molar refractivity (Wildman–Crippen MR) is 169 cm³/mol. The molecule has 0 bridgehead atoms. The molecular weight excluding hydrogens is 627 g/mol. The summed E-state index contributed by atoms with van der Waals surface area (Å²) in [5.74, 6) is -1.22. The number of anilines is 1. The van der Waals surface area contributed by atoms with Gasteiger partial charge in [-0.2, -0.15) is 0 Å². The van der Waals surface area contributed by atoms with E-state index < -0.39 is 39.3 Å². The minimum absolute atomic E-state index is 0.0167. The third-order valence-corrected chi connectivity index (χ3v) is 9.36. The van der Waals surface area contributed by atoms with Crippen molar-refractivity contribution in [3.63, 3.8) is 0 Å². The number of sulfonamides is 1. The topological polar surface area (TPSA) is 130 Å². The molecule has 0 saturated heterocycles. The summed E-state index contributed by atoms with van der Waals surface area (Å²) < 4.78 is 28.7. The van der Waals surface area contributed by atoms with E-state index in [-0.39, 0.29) is 39.3 Å². The Morgan fingerprint density at radius 1 is 0.864 bits per heavy atom. The Balaban J connectivity index is 1.82. The Kier molecular flexibility index (Phi) is 10.6. The highest BCUT2D eigenvalue weighted by molar-refractivity contribution is 7.92. The molecule has 4 rings (SSSR count). The Hall–Kier alpha value is -4.45. The Labute approximate surface area is 265 Å². The van der Waals surface area contributed by atoms with E-state index in [9.17, 15) is 28.1 Å². The second-order valence-electron chi connectivity index (χ2n) is 9.64. The minimum Gasteiger partial charge on any atom is -0.357 e. The zero-order valence-corrected chi connectivity index (χ0v) is 25.8. The standard InChI is InChI=1S/C31H28Cl2N4O6S/c1-34-31(39)29(19-22-9-4-2-5-10-22)35(20-26-27(32)13-8-14-28(26)33)30(38)21-36(23-15-17-24(18-16-23)37(40)41)44(42,43)25-11-6-3-7-12-25/h2-18,29H,19-21H2,1H3,(H,34,39)/t29-/m1/s1. The van der Waals surface area contributed by atoms with E-state index in [1.54, 1.807) is 36.4 Å². The number of benzene rings is 4. The van der Waals surface area contributed by atoms with Crippen LogP contribution in [0.1, 0.15) is 11.1 Å². The highest BCUT2D eigenvalue weighted by atomic mass is 35.5. The van der Waals surface area contributed by atoms with Crippen LogP contribution >= 0.6 is 23.2 Å². The number of amides is 2. The van der Waals surface area contributed by atoms with Gasteiger partial charge in [-0.3, -0.25) is 24.0 Å². The number of carbonyl (C=O) groups is 2. The first kappa shape index (κ1) is 32.5. The Bertz CT molecular complexity index is 1720. The van der Waals surface area contributed by atoms with E-state index in [4.69, 9.17) is 23.2 Å². The fourth-order valence-electron chi connectivity index (χ4n) is 4.56. The van der Waals surface area contributed by atoms with Crippen molar-refractivity contribution in [2.75, 3.05) is 17.9 Å². The predicted octanol–water partition coefficient (Wildman–Crippen LogP) is 5.48. The maximum absolute atomic E-state index is 14.3. The van der Waals surface area contributed by atoms with Crippen molar-refractivity contribution in [3.8, 4) is 0 Å². The summed E-state index contributed by atoms with van der Waals surface area (Å²) in [6, 6.07) is 25.1. The van der Waals surface area contributed by atoms with Crippen LogP contribution in [0.5, 0.6) is 0 Å². The highest BCUT2D eigenvalue weighted by Gasteiger charge is 2.35. The van der Waals surface area contributed by atoms with Gasteiger partial charge in [0.25, 0.3) is 15.7 Å². The highest BCUT2D eigenvalue weighted by Crippen LogP contribution is 2.29. The second kappa shape index (κ2) is 14.3. The van der Waals surface area contributed by atoms with Gasteiger partial charge in [0.2, 0.25) is 11.8 Å². The van der Waals surface area contributed by atoms with Gasteiger partial charge in [-0.1, -0.05) is 77.8 Å². The zero-order chi connectivity index (χ0) is 31.9. The van der Waals surface area contributed by atoms with Crippen LogP contribution in [0.4, 0.5) is 11.4 Å². The number of non-ortho nitro benzene ring substituents is 1. The first-order chi connectivity index (χ1) is 21.0. The lowest BCUT2D eigenvalue weighted by molar-refractivity contribution is -0.384. The van der Waals surface area contributed by atoms with Gasteiger partial charge in [0.05, 0.1) is 15.5 Å². The molecule has 0 aliphatic carbocycles. The molecule has 2 amide bonds. The molecule has 0 aliphatic rings. The van der Waals surface area contributed by atoms with Gasteiger partial charge in [0.1, 0.15) is 12.6 Å². The van der Waals surface area contributed by atoms with E-state index >= 15 is 0 Å². The van der Waals surface area contributed by atoms with E-state index in [2.05, 4.69) is 5.32 Å². The summed E-state index contributed by atoms with van der Waals surface area (Å²) in [4.78, 5) is 39.4. The summed E-state index contributed by atoms with van der Waals surface area (Å²) in [5, 5.41) is 14.4. The van der Waals surface area contributed by atoms with E-state index in [0.717, 1.165) is 22.0 Å². The molecule has 1 N–H and O–H groups in total. The number of nitro groups is 1. The van der Waals surface area contributed by atoms with E-state index in [1.165, 1.54) is 48.3 Å². The molecule has 0 aliphatic heterocycles. The molecule has 0 heterocycles. The number of likely N-dealkylation sites (N-methyl/N-ethyl adjacent to an activating group) is 1. The van der Waals surface area contributed by atoms with Crippen LogP contribution in [0.15, 0.2) is 108 Å². The lowest BCUT2D eigenvalue weighted by Crippen LogP contribution is -2.53. The lowest BCUT2D eigenvalue weighted by Gasteiger charge is -2.34. The molecule has 44 heavy (non-hydrogen) atoms. The number of halogens is 2. The van der Waals surface area contributed by atoms with Crippen LogP contribution in [-0.4, -0.2) is 49.7 Å². The summed E-state index contributed by atoms with van der Waals surface area (Å²) in [7, 11) is -2.91.